The van der Waals surface area contributed by atoms with Gasteiger partial charge in [0.25, 0.3) is 0 Å². The van der Waals surface area contributed by atoms with E-state index in [1.165, 1.54) is 0 Å². The molecule has 3 nitrogen and oxygen atoms in total. The minimum absolute atomic E-state index is 0.0669. The molecule has 1 aromatic carbocycles. The summed E-state index contributed by atoms with van der Waals surface area (Å²) in [5.41, 5.74) is -1.12. The van der Waals surface area contributed by atoms with Crippen molar-refractivity contribution in [1.82, 2.24) is 0 Å². The van der Waals surface area contributed by atoms with E-state index in [0.29, 0.717) is 0 Å². The van der Waals surface area contributed by atoms with Gasteiger partial charge in [0.15, 0.2) is 12.6 Å². The fourth-order valence-corrected chi connectivity index (χ4v) is 1.03. The molecular formula is C9H5F3O3. The van der Waals surface area contributed by atoms with Gasteiger partial charge in [-0.3, -0.25) is 9.59 Å². The van der Waals surface area contributed by atoms with Crippen molar-refractivity contribution in [2.24, 2.45) is 0 Å². The molecule has 0 aliphatic carbocycles. The largest absolute Gasteiger partial charge is 0.434 e. The summed E-state index contributed by atoms with van der Waals surface area (Å²) >= 11 is 0. The topological polar surface area (TPSA) is 43.4 Å². The van der Waals surface area contributed by atoms with Crippen LogP contribution in [-0.2, 0) is 0 Å². The van der Waals surface area contributed by atoms with Crippen LogP contribution in [0.15, 0.2) is 12.1 Å². The monoisotopic (exact) mass is 218 g/mol. The van der Waals surface area contributed by atoms with Crippen molar-refractivity contribution >= 4 is 12.6 Å². The molecule has 0 N–H and O–H groups in total. The highest BCUT2D eigenvalue weighted by atomic mass is 19.3. The quantitative estimate of drug-likeness (QED) is 0.726. The Morgan fingerprint density at radius 2 is 1.73 bits per heavy atom. The second-order valence-corrected chi connectivity index (χ2v) is 2.49. The summed E-state index contributed by atoms with van der Waals surface area (Å²) in [4.78, 5) is 20.9. The molecule has 0 fully saturated rings. The number of benzene rings is 1. The fraction of sp³-hybridized carbons (Fsp3) is 0.111. The van der Waals surface area contributed by atoms with Crippen LogP contribution in [0.1, 0.15) is 20.7 Å². The highest BCUT2D eigenvalue weighted by Crippen LogP contribution is 2.23. The van der Waals surface area contributed by atoms with Gasteiger partial charge in [0, 0.05) is 0 Å². The predicted molar refractivity (Wildman–Crippen MR) is 43.8 cm³/mol. The Hall–Kier alpha value is -1.85. The third-order valence-corrected chi connectivity index (χ3v) is 1.65. The molecule has 0 saturated carbocycles. The molecule has 0 radical (unpaired) electrons. The van der Waals surface area contributed by atoms with Crippen LogP contribution in [0.3, 0.4) is 0 Å². The van der Waals surface area contributed by atoms with Crippen LogP contribution < -0.4 is 4.74 Å². The van der Waals surface area contributed by atoms with Gasteiger partial charge in [-0.2, -0.15) is 8.78 Å². The molecule has 0 aliphatic heterocycles. The lowest BCUT2D eigenvalue weighted by Gasteiger charge is -2.08. The lowest BCUT2D eigenvalue weighted by Crippen LogP contribution is -2.07. The Kier molecular flexibility index (Phi) is 3.43. The normalized spacial score (nSPS) is 10.1. The number of halogens is 3. The summed E-state index contributed by atoms with van der Waals surface area (Å²) in [6, 6.07) is 1.63. The second-order valence-electron chi connectivity index (χ2n) is 2.49. The Morgan fingerprint density at radius 3 is 2.20 bits per heavy atom. The first-order valence-corrected chi connectivity index (χ1v) is 3.77. The Morgan fingerprint density at radius 1 is 1.13 bits per heavy atom. The maximum Gasteiger partial charge on any atom is 0.387 e. The van der Waals surface area contributed by atoms with Crippen LogP contribution in [0.25, 0.3) is 0 Å². The van der Waals surface area contributed by atoms with Crippen LogP contribution in [0.4, 0.5) is 13.2 Å². The third kappa shape index (κ3) is 2.34. The van der Waals surface area contributed by atoms with Crippen LogP contribution in [0.5, 0.6) is 5.75 Å². The van der Waals surface area contributed by atoms with Gasteiger partial charge in [-0.05, 0) is 12.1 Å². The molecule has 0 atom stereocenters. The lowest BCUT2D eigenvalue weighted by atomic mass is 10.1. The number of carbonyl (C=O) groups excluding carboxylic acids is 2. The van der Waals surface area contributed by atoms with Crippen LogP contribution in [-0.4, -0.2) is 19.2 Å². The molecule has 15 heavy (non-hydrogen) atoms. The van der Waals surface area contributed by atoms with E-state index < -0.39 is 29.3 Å². The minimum Gasteiger partial charge on any atom is -0.434 e. The number of hydrogen-bond donors (Lipinski definition) is 0. The van der Waals surface area contributed by atoms with Crippen molar-refractivity contribution in [2.45, 2.75) is 6.61 Å². The van der Waals surface area contributed by atoms with Crippen molar-refractivity contribution < 1.29 is 27.5 Å². The van der Waals surface area contributed by atoms with E-state index in [1.54, 1.807) is 0 Å². The standard InChI is InChI=1S/C9H5F3O3/c10-7-1-2-8(15-9(11)12)6(4-14)5(7)3-13/h1-4,9H. The predicted octanol–water partition coefficient (Wildman–Crippen LogP) is 2.05. The molecular weight excluding hydrogens is 213 g/mol. The van der Waals surface area contributed by atoms with Crippen molar-refractivity contribution in [2.75, 3.05) is 0 Å². The van der Waals surface area contributed by atoms with Crippen molar-refractivity contribution in [1.29, 1.82) is 0 Å². The van der Waals surface area contributed by atoms with E-state index in [9.17, 15) is 22.8 Å². The molecule has 0 spiro atoms. The summed E-state index contributed by atoms with van der Waals surface area (Å²) in [7, 11) is 0. The molecule has 0 unspecified atom stereocenters. The average Bonchev–Trinajstić information content (AvgIpc) is 2.19. The van der Waals surface area contributed by atoms with Gasteiger partial charge in [0.05, 0.1) is 11.1 Å². The SMILES string of the molecule is O=Cc1c(F)ccc(OC(F)F)c1C=O. The molecule has 1 rings (SSSR count). The molecule has 0 aromatic heterocycles. The molecule has 0 amide bonds. The molecule has 0 saturated heterocycles. The number of alkyl halides is 2. The zero-order valence-corrected chi connectivity index (χ0v) is 7.25. The van der Waals surface area contributed by atoms with E-state index in [-0.39, 0.29) is 12.6 Å². The van der Waals surface area contributed by atoms with Gasteiger partial charge in [-0.25, -0.2) is 4.39 Å². The van der Waals surface area contributed by atoms with E-state index >= 15 is 0 Å². The highest BCUT2D eigenvalue weighted by molar-refractivity contribution is 5.93. The van der Waals surface area contributed by atoms with Crippen LogP contribution in [0.2, 0.25) is 0 Å². The molecule has 6 heteroatoms. The third-order valence-electron chi connectivity index (χ3n) is 1.65. The fourth-order valence-electron chi connectivity index (χ4n) is 1.03. The van der Waals surface area contributed by atoms with E-state index in [4.69, 9.17) is 0 Å². The molecule has 80 valence electrons. The van der Waals surface area contributed by atoms with Gasteiger partial charge >= 0.3 is 6.61 Å². The maximum atomic E-state index is 12.9. The number of rotatable bonds is 4. The summed E-state index contributed by atoms with van der Waals surface area (Å²) in [6.45, 7) is -3.14. The maximum absolute atomic E-state index is 12.9. The number of hydrogen-bond acceptors (Lipinski definition) is 3. The molecule has 0 aliphatic rings. The summed E-state index contributed by atoms with van der Waals surface area (Å²) < 4.78 is 40.6. The average molecular weight is 218 g/mol. The van der Waals surface area contributed by atoms with Crippen molar-refractivity contribution in [3.8, 4) is 5.75 Å². The second kappa shape index (κ2) is 4.59. The van der Waals surface area contributed by atoms with Gasteiger partial charge in [-0.1, -0.05) is 0 Å². The zero-order chi connectivity index (χ0) is 11.4. The van der Waals surface area contributed by atoms with E-state index in [2.05, 4.69) is 4.74 Å². The van der Waals surface area contributed by atoms with Crippen LogP contribution >= 0.6 is 0 Å². The first-order valence-electron chi connectivity index (χ1n) is 3.77. The highest BCUT2D eigenvalue weighted by Gasteiger charge is 2.16. The van der Waals surface area contributed by atoms with E-state index in [0.717, 1.165) is 12.1 Å². The van der Waals surface area contributed by atoms with Crippen molar-refractivity contribution in [3.63, 3.8) is 0 Å². The smallest absolute Gasteiger partial charge is 0.387 e. The van der Waals surface area contributed by atoms with Gasteiger partial charge in [0.1, 0.15) is 11.6 Å². The molecule has 0 bridgehead atoms. The molecule has 1 aromatic rings. The Labute approximate surface area is 82.5 Å². The zero-order valence-electron chi connectivity index (χ0n) is 7.25. The number of carbonyl (C=O) groups is 2. The number of aldehydes is 2. The Balaban J connectivity index is 3.28. The minimum atomic E-state index is -3.14. The lowest BCUT2D eigenvalue weighted by molar-refractivity contribution is -0.0501. The summed E-state index contributed by atoms with van der Waals surface area (Å²) in [6.07, 6.45) is 0.155. The van der Waals surface area contributed by atoms with Crippen LogP contribution in [0, 0.1) is 5.82 Å². The van der Waals surface area contributed by atoms with Gasteiger partial charge < -0.3 is 4.74 Å². The molecule has 0 heterocycles. The summed E-state index contributed by atoms with van der Waals surface area (Å²) in [5.74, 6) is -1.49. The first kappa shape index (κ1) is 11.2. The van der Waals surface area contributed by atoms with Gasteiger partial charge in [0.2, 0.25) is 0 Å². The first-order chi connectivity index (χ1) is 7.10. The Bertz CT molecular complexity index is 390. The summed E-state index contributed by atoms with van der Waals surface area (Å²) in [5, 5.41) is 0. The number of ether oxygens (including phenoxy) is 1. The van der Waals surface area contributed by atoms with E-state index in [1.807, 2.05) is 0 Å². The van der Waals surface area contributed by atoms with Gasteiger partial charge in [-0.15, -0.1) is 0 Å². The van der Waals surface area contributed by atoms with Crippen molar-refractivity contribution in [3.05, 3.63) is 29.1 Å².